The maximum absolute atomic E-state index is 12.1. The van der Waals surface area contributed by atoms with Crippen molar-refractivity contribution < 1.29 is 9.53 Å². The standard InChI is InChI=1S/C18H19N5O2/c1-13-10-17(23(2)22-13)21-18(24)20-14-7-5-8-16(11-14)25-12-15-6-3-4-9-19-15/h3-11H,12H2,1-2H3,(H2,20,21,24). The van der Waals surface area contributed by atoms with Gasteiger partial charge in [0.15, 0.2) is 0 Å². The lowest BCUT2D eigenvalue weighted by atomic mass is 10.3. The first-order valence-corrected chi connectivity index (χ1v) is 7.81. The summed E-state index contributed by atoms with van der Waals surface area (Å²) >= 11 is 0. The summed E-state index contributed by atoms with van der Waals surface area (Å²) in [5.41, 5.74) is 2.31. The van der Waals surface area contributed by atoms with E-state index in [1.54, 1.807) is 36.1 Å². The SMILES string of the molecule is Cc1cc(NC(=O)Nc2cccc(OCc3ccccn3)c2)n(C)n1. The highest BCUT2D eigenvalue weighted by molar-refractivity contribution is 5.99. The van der Waals surface area contributed by atoms with E-state index in [2.05, 4.69) is 20.7 Å². The normalized spacial score (nSPS) is 10.3. The molecule has 7 nitrogen and oxygen atoms in total. The summed E-state index contributed by atoms with van der Waals surface area (Å²) in [5.74, 6) is 1.28. The van der Waals surface area contributed by atoms with Crippen molar-refractivity contribution in [3.8, 4) is 5.75 Å². The number of nitrogens with zero attached hydrogens (tertiary/aromatic N) is 3. The molecule has 1 aromatic carbocycles. The third kappa shape index (κ3) is 4.57. The predicted octanol–water partition coefficient (Wildman–Crippen LogP) is 3.35. The van der Waals surface area contributed by atoms with Crippen LogP contribution in [0.3, 0.4) is 0 Å². The quantitative estimate of drug-likeness (QED) is 0.748. The van der Waals surface area contributed by atoms with Crippen LogP contribution in [0.15, 0.2) is 54.7 Å². The zero-order chi connectivity index (χ0) is 17.6. The van der Waals surface area contributed by atoms with Crippen molar-refractivity contribution in [1.82, 2.24) is 14.8 Å². The summed E-state index contributed by atoms with van der Waals surface area (Å²) in [6.45, 7) is 2.23. The highest BCUT2D eigenvalue weighted by Crippen LogP contribution is 2.19. The number of aryl methyl sites for hydroxylation is 2. The van der Waals surface area contributed by atoms with Crippen LogP contribution in [0.4, 0.5) is 16.3 Å². The minimum absolute atomic E-state index is 0.343. The molecule has 0 spiro atoms. The minimum Gasteiger partial charge on any atom is -0.487 e. The molecule has 2 N–H and O–H groups in total. The lowest BCUT2D eigenvalue weighted by Gasteiger charge is -2.10. The molecule has 0 saturated carbocycles. The second kappa shape index (κ2) is 7.48. The van der Waals surface area contributed by atoms with E-state index in [4.69, 9.17) is 4.74 Å². The van der Waals surface area contributed by atoms with Gasteiger partial charge in [-0.15, -0.1) is 0 Å². The summed E-state index contributed by atoms with van der Waals surface area (Å²) in [5, 5.41) is 9.72. The number of carbonyl (C=O) groups is 1. The number of nitrogens with one attached hydrogen (secondary N) is 2. The fraction of sp³-hybridized carbons (Fsp3) is 0.167. The molecule has 3 aromatic rings. The summed E-state index contributed by atoms with van der Waals surface area (Å²) in [7, 11) is 1.77. The first-order valence-electron chi connectivity index (χ1n) is 7.81. The summed E-state index contributed by atoms with van der Waals surface area (Å²) in [4.78, 5) is 16.3. The smallest absolute Gasteiger partial charge is 0.324 e. The lowest BCUT2D eigenvalue weighted by Crippen LogP contribution is -2.21. The maximum atomic E-state index is 12.1. The van der Waals surface area contributed by atoms with Crippen molar-refractivity contribution in [2.24, 2.45) is 7.05 Å². The fourth-order valence-electron chi connectivity index (χ4n) is 2.31. The molecular formula is C18H19N5O2. The van der Waals surface area contributed by atoms with Gasteiger partial charge in [0, 0.05) is 31.1 Å². The Bertz CT molecular complexity index is 861. The number of carbonyl (C=O) groups excluding carboxylic acids is 1. The van der Waals surface area contributed by atoms with Gasteiger partial charge >= 0.3 is 6.03 Å². The highest BCUT2D eigenvalue weighted by Gasteiger charge is 2.07. The van der Waals surface area contributed by atoms with Gasteiger partial charge in [-0.3, -0.25) is 15.0 Å². The molecule has 0 saturated heterocycles. The Labute approximate surface area is 145 Å². The van der Waals surface area contributed by atoms with E-state index in [0.29, 0.717) is 23.9 Å². The summed E-state index contributed by atoms with van der Waals surface area (Å²) < 4.78 is 7.32. The number of hydrogen-bond donors (Lipinski definition) is 2. The Morgan fingerprint density at radius 3 is 2.76 bits per heavy atom. The van der Waals surface area contributed by atoms with Crippen LogP contribution < -0.4 is 15.4 Å². The van der Waals surface area contributed by atoms with Crippen molar-refractivity contribution in [2.75, 3.05) is 10.6 Å². The van der Waals surface area contributed by atoms with E-state index in [1.165, 1.54) is 0 Å². The molecule has 0 aliphatic rings. The van der Waals surface area contributed by atoms with Gasteiger partial charge in [-0.1, -0.05) is 12.1 Å². The van der Waals surface area contributed by atoms with Crippen LogP contribution in [0.1, 0.15) is 11.4 Å². The van der Waals surface area contributed by atoms with Crippen LogP contribution in [0.5, 0.6) is 5.75 Å². The number of pyridine rings is 1. The van der Waals surface area contributed by atoms with Crippen molar-refractivity contribution in [3.63, 3.8) is 0 Å². The molecule has 0 bridgehead atoms. The maximum Gasteiger partial charge on any atom is 0.324 e. The average molecular weight is 337 g/mol. The average Bonchev–Trinajstić information content (AvgIpc) is 2.91. The van der Waals surface area contributed by atoms with E-state index >= 15 is 0 Å². The van der Waals surface area contributed by atoms with Crippen LogP contribution in [-0.2, 0) is 13.7 Å². The number of amides is 2. The van der Waals surface area contributed by atoms with E-state index in [9.17, 15) is 4.79 Å². The zero-order valence-corrected chi connectivity index (χ0v) is 14.1. The fourth-order valence-corrected chi connectivity index (χ4v) is 2.31. The molecule has 0 aliphatic heterocycles. The summed E-state index contributed by atoms with van der Waals surface area (Å²) in [6.07, 6.45) is 1.72. The number of aromatic nitrogens is 3. The predicted molar refractivity (Wildman–Crippen MR) is 95.6 cm³/mol. The van der Waals surface area contributed by atoms with Crippen LogP contribution in [-0.4, -0.2) is 20.8 Å². The minimum atomic E-state index is -0.343. The van der Waals surface area contributed by atoms with Crippen LogP contribution in [0.25, 0.3) is 0 Å². The number of ether oxygens (including phenoxy) is 1. The third-order valence-corrected chi connectivity index (χ3v) is 3.45. The van der Waals surface area contributed by atoms with E-state index in [1.807, 2.05) is 37.3 Å². The van der Waals surface area contributed by atoms with E-state index in [-0.39, 0.29) is 6.03 Å². The Kier molecular flexibility index (Phi) is 4.94. The Balaban J connectivity index is 1.59. The molecule has 2 amide bonds. The molecule has 25 heavy (non-hydrogen) atoms. The van der Waals surface area contributed by atoms with E-state index < -0.39 is 0 Å². The Morgan fingerprint density at radius 2 is 2.04 bits per heavy atom. The molecule has 0 fully saturated rings. The Hall–Kier alpha value is -3.35. The van der Waals surface area contributed by atoms with Crippen molar-refractivity contribution >= 4 is 17.5 Å². The highest BCUT2D eigenvalue weighted by atomic mass is 16.5. The molecule has 7 heteroatoms. The molecule has 128 valence electrons. The second-order valence-electron chi connectivity index (χ2n) is 5.51. The molecule has 0 aliphatic carbocycles. The topological polar surface area (TPSA) is 81.1 Å². The van der Waals surface area contributed by atoms with Crippen LogP contribution >= 0.6 is 0 Å². The molecule has 2 heterocycles. The first kappa shape index (κ1) is 16.5. The van der Waals surface area contributed by atoms with Gasteiger partial charge in [0.25, 0.3) is 0 Å². The molecule has 3 rings (SSSR count). The number of anilines is 2. The molecule has 0 unspecified atom stereocenters. The molecule has 0 atom stereocenters. The van der Waals surface area contributed by atoms with Crippen molar-refractivity contribution in [3.05, 3.63) is 66.1 Å². The van der Waals surface area contributed by atoms with Gasteiger partial charge in [0.1, 0.15) is 18.2 Å². The van der Waals surface area contributed by atoms with Crippen molar-refractivity contribution in [1.29, 1.82) is 0 Å². The molecule has 2 aromatic heterocycles. The van der Waals surface area contributed by atoms with Gasteiger partial charge < -0.3 is 10.1 Å². The molecular weight excluding hydrogens is 318 g/mol. The van der Waals surface area contributed by atoms with E-state index in [0.717, 1.165) is 11.4 Å². The van der Waals surface area contributed by atoms with Gasteiger partial charge in [0.2, 0.25) is 0 Å². The number of rotatable bonds is 5. The third-order valence-electron chi connectivity index (χ3n) is 3.45. The van der Waals surface area contributed by atoms with Crippen LogP contribution in [0.2, 0.25) is 0 Å². The van der Waals surface area contributed by atoms with Gasteiger partial charge in [-0.25, -0.2) is 4.79 Å². The van der Waals surface area contributed by atoms with Crippen molar-refractivity contribution in [2.45, 2.75) is 13.5 Å². The Morgan fingerprint density at radius 1 is 1.16 bits per heavy atom. The van der Waals surface area contributed by atoms with Gasteiger partial charge in [-0.05, 0) is 31.2 Å². The molecule has 0 radical (unpaired) electrons. The van der Waals surface area contributed by atoms with Gasteiger partial charge in [0.05, 0.1) is 11.4 Å². The first-order chi connectivity index (χ1) is 12.1. The number of urea groups is 1. The number of benzene rings is 1. The zero-order valence-electron chi connectivity index (χ0n) is 14.1. The second-order valence-corrected chi connectivity index (χ2v) is 5.51. The lowest BCUT2D eigenvalue weighted by molar-refractivity contribution is 0.262. The monoisotopic (exact) mass is 337 g/mol. The number of hydrogen-bond acceptors (Lipinski definition) is 4. The summed E-state index contributed by atoms with van der Waals surface area (Å²) in [6, 6.07) is 14.3. The van der Waals surface area contributed by atoms with Crippen LogP contribution in [0, 0.1) is 6.92 Å². The largest absolute Gasteiger partial charge is 0.487 e. The van der Waals surface area contributed by atoms with Gasteiger partial charge in [-0.2, -0.15) is 5.10 Å².